The number of halogens is 1. The van der Waals surface area contributed by atoms with Crippen LogP contribution >= 0.6 is 27.3 Å². The third-order valence-corrected chi connectivity index (χ3v) is 4.99. The Morgan fingerprint density at radius 2 is 1.96 bits per heavy atom. The maximum absolute atomic E-state index is 12.1. The SMILES string of the molecule is Cc1nc(-c2cccc(NC(=O)COC(=O)Cc3ccc(Br)cc3)c2)cs1. The average molecular weight is 445 g/mol. The van der Waals surface area contributed by atoms with Crippen molar-refractivity contribution in [2.45, 2.75) is 13.3 Å². The molecule has 0 aliphatic heterocycles. The molecular formula is C20H17BrN2O3S. The first-order valence-corrected chi connectivity index (χ1v) is 9.89. The number of hydrogen-bond acceptors (Lipinski definition) is 5. The van der Waals surface area contributed by atoms with Crippen LogP contribution in [-0.4, -0.2) is 23.5 Å². The van der Waals surface area contributed by atoms with Crippen LogP contribution in [-0.2, 0) is 20.7 Å². The minimum Gasteiger partial charge on any atom is -0.455 e. The zero-order valence-corrected chi connectivity index (χ0v) is 17.0. The molecule has 1 N–H and O–H groups in total. The third kappa shape index (κ3) is 5.74. The Balaban J connectivity index is 1.52. The van der Waals surface area contributed by atoms with E-state index >= 15 is 0 Å². The summed E-state index contributed by atoms with van der Waals surface area (Å²) >= 11 is 4.91. The first kappa shape index (κ1) is 19.3. The van der Waals surface area contributed by atoms with Crippen molar-refractivity contribution in [1.29, 1.82) is 0 Å². The highest BCUT2D eigenvalue weighted by atomic mass is 79.9. The van der Waals surface area contributed by atoms with Crippen molar-refractivity contribution < 1.29 is 14.3 Å². The van der Waals surface area contributed by atoms with Gasteiger partial charge in [-0.1, -0.05) is 40.2 Å². The topological polar surface area (TPSA) is 68.3 Å². The minimum absolute atomic E-state index is 0.124. The number of esters is 1. The van der Waals surface area contributed by atoms with Gasteiger partial charge in [0.25, 0.3) is 5.91 Å². The van der Waals surface area contributed by atoms with Gasteiger partial charge in [-0.15, -0.1) is 11.3 Å². The second-order valence-electron chi connectivity index (χ2n) is 5.84. The Morgan fingerprint density at radius 3 is 2.67 bits per heavy atom. The fourth-order valence-corrected chi connectivity index (χ4v) is 3.30. The summed E-state index contributed by atoms with van der Waals surface area (Å²) in [6, 6.07) is 14.8. The van der Waals surface area contributed by atoms with Crippen molar-refractivity contribution >= 4 is 44.8 Å². The van der Waals surface area contributed by atoms with Gasteiger partial charge in [-0.25, -0.2) is 4.98 Å². The zero-order chi connectivity index (χ0) is 19.2. The van der Waals surface area contributed by atoms with E-state index in [1.807, 2.05) is 54.8 Å². The number of benzene rings is 2. The number of nitrogens with zero attached hydrogens (tertiary/aromatic N) is 1. The number of aromatic nitrogens is 1. The number of carbonyl (C=O) groups is 2. The van der Waals surface area contributed by atoms with Crippen molar-refractivity contribution in [3.05, 3.63) is 69.0 Å². The molecule has 1 heterocycles. The van der Waals surface area contributed by atoms with Crippen LogP contribution in [0.15, 0.2) is 58.4 Å². The second-order valence-corrected chi connectivity index (χ2v) is 7.82. The Kier molecular flexibility index (Phi) is 6.36. The van der Waals surface area contributed by atoms with E-state index < -0.39 is 5.97 Å². The van der Waals surface area contributed by atoms with Gasteiger partial charge in [-0.3, -0.25) is 9.59 Å². The summed E-state index contributed by atoms with van der Waals surface area (Å²) in [7, 11) is 0. The second kappa shape index (κ2) is 8.92. The van der Waals surface area contributed by atoms with Crippen molar-refractivity contribution in [3.8, 4) is 11.3 Å². The molecule has 7 heteroatoms. The minimum atomic E-state index is -0.445. The summed E-state index contributed by atoms with van der Waals surface area (Å²) in [6.45, 7) is 1.62. The van der Waals surface area contributed by atoms with Gasteiger partial charge in [0, 0.05) is 21.1 Å². The molecule has 0 spiro atoms. The van der Waals surface area contributed by atoms with E-state index in [1.54, 1.807) is 17.4 Å². The molecule has 2 aromatic carbocycles. The maximum atomic E-state index is 12.1. The van der Waals surface area contributed by atoms with Crippen LogP contribution in [0.25, 0.3) is 11.3 Å². The van der Waals surface area contributed by atoms with Crippen LogP contribution in [0.1, 0.15) is 10.6 Å². The number of aryl methyl sites for hydroxylation is 1. The lowest BCUT2D eigenvalue weighted by Gasteiger charge is -2.08. The highest BCUT2D eigenvalue weighted by molar-refractivity contribution is 9.10. The molecule has 0 radical (unpaired) electrons. The van der Waals surface area contributed by atoms with Gasteiger partial charge in [0.05, 0.1) is 17.1 Å². The molecule has 0 atom stereocenters. The fraction of sp³-hybridized carbons (Fsp3) is 0.150. The van der Waals surface area contributed by atoms with Gasteiger partial charge in [0.2, 0.25) is 0 Å². The molecule has 0 aliphatic rings. The number of thiazole rings is 1. The van der Waals surface area contributed by atoms with Crippen molar-refractivity contribution in [2.75, 3.05) is 11.9 Å². The molecule has 0 bridgehead atoms. The van der Waals surface area contributed by atoms with Gasteiger partial charge in [-0.2, -0.15) is 0 Å². The summed E-state index contributed by atoms with van der Waals surface area (Å²) in [6.07, 6.45) is 0.124. The summed E-state index contributed by atoms with van der Waals surface area (Å²) < 4.78 is 5.99. The fourth-order valence-electron chi connectivity index (χ4n) is 2.42. The van der Waals surface area contributed by atoms with Crippen LogP contribution in [0.4, 0.5) is 5.69 Å². The smallest absolute Gasteiger partial charge is 0.310 e. The van der Waals surface area contributed by atoms with E-state index in [0.717, 1.165) is 26.3 Å². The van der Waals surface area contributed by atoms with Gasteiger partial charge in [0.1, 0.15) is 0 Å². The lowest BCUT2D eigenvalue weighted by molar-refractivity contribution is -0.146. The Labute approximate surface area is 169 Å². The van der Waals surface area contributed by atoms with E-state index in [2.05, 4.69) is 26.2 Å². The molecule has 0 saturated heterocycles. The predicted octanol–water partition coefficient (Wildman–Crippen LogP) is 4.61. The van der Waals surface area contributed by atoms with Crippen LogP contribution in [0.5, 0.6) is 0 Å². The molecule has 0 saturated carbocycles. The molecule has 27 heavy (non-hydrogen) atoms. The van der Waals surface area contributed by atoms with E-state index in [0.29, 0.717) is 5.69 Å². The van der Waals surface area contributed by atoms with E-state index in [1.165, 1.54) is 0 Å². The Hall–Kier alpha value is -2.51. The highest BCUT2D eigenvalue weighted by Gasteiger charge is 2.10. The predicted molar refractivity (Wildman–Crippen MR) is 110 cm³/mol. The molecule has 1 amide bonds. The number of rotatable bonds is 6. The third-order valence-electron chi connectivity index (χ3n) is 3.69. The van der Waals surface area contributed by atoms with E-state index in [9.17, 15) is 9.59 Å². The average Bonchev–Trinajstić information content (AvgIpc) is 3.09. The van der Waals surface area contributed by atoms with Crippen LogP contribution in [0.3, 0.4) is 0 Å². The van der Waals surface area contributed by atoms with Gasteiger partial charge < -0.3 is 10.1 Å². The molecule has 1 aromatic heterocycles. The summed E-state index contributed by atoms with van der Waals surface area (Å²) in [4.78, 5) is 28.4. The molecule has 3 rings (SSSR count). The van der Waals surface area contributed by atoms with Crippen LogP contribution in [0, 0.1) is 6.92 Å². The summed E-state index contributed by atoms with van der Waals surface area (Å²) in [5, 5.41) is 5.69. The first-order valence-electron chi connectivity index (χ1n) is 8.22. The normalized spacial score (nSPS) is 10.4. The number of carbonyl (C=O) groups excluding carboxylic acids is 2. The molecular weight excluding hydrogens is 428 g/mol. The van der Waals surface area contributed by atoms with Crippen molar-refractivity contribution in [2.24, 2.45) is 0 Å². The quantitative estimate of drug-likeness (QED) is 0.563. The Morgan fingerprint density at radius 1 is 1.19 bits per heavy atom. The standard InChI is InChI=1S/C20H17BrN2O3S/c1-13-22-18(12-27-13)15-3-2-4-17(10-15)23-19(24)11-26-20(25)9-14-5-7-16(21)8-6-14/h2-8,10,12H,9,11H2,1H3,(H,23,24). The highest BCUT2D eigenvalue weighted by Crippen LogP contribution is 2.24. The molecule has 5 nitrogen and oxygen atoms in total. The molecule has 0 fully saturated rings. The number of hydrogen-bond donors (Lipinski definition) is 1. The van der Waals surface area contributed by atoms with Crippen molar-refractivity contribution in [1.82, 2.24) is 4.98 Å². The monoisotopic (exact) mass is 444 g/mol. The first-order chi connectivity index (χ1) is 13.0. The molecule has 0 aliphatic carbocycles. The van der Waals surface area contributed by atoms with Gasteiger partial charge in [0.15, 0.2) is 6.61 Å². The molecule has 0 unspecified atom stereocenters. The number of ether oxygens (including phenoxy) is 1. The van der Waals surface area contributed by atoms with Crippen LogP contribution in [0.2, 0.25) is 0 Å². The zero-order valence-electron chi connectivity index (χ0n) is 14.6. The van der Waals surface area contributed by atoms with Crippen molar-refractivity contribution in [3.63, 3.8) is 0 Å². The van der Waals surface area contributed by atoms with Gasteiger partial charge in [-0.05, 0) is 36.8 Å². The van der Waals surface area contributed by atoms with Gasteiger partial charge >= 0.3 is 5.97 Å². The lowest BCUT2D eigenvalue weighted by atomic mass is 10.1. The molecule has 3 aromatic rings. The number of nitrogens with one attached hydrogen (secondary N) is 1. The maximum Gasteiger partial charge on any atom is 0.310 e. The Bertz CT molecular complexity index is 954. The van der Waals surface area contributed by atoms with E-state index in [-0.39, 0.29) is 18.9 Å². The van der Waals surface area contributed by atoms with Crippen LogP contribution < -0.4 is 5.32 Å². The number of amides is 1. The summed E-state index contributed by atoms with van der Waals surface area (Å²) in [5.74, 6) is -0.829. The largest absolute Gasteiger partial charge is 0.455 e. The molecule has 138 valence electrons. The lowest BCUT2D eigenvalue weighted by Crippen LogP contribution is -2.21. The number of anilines is 1. The summed E-state index contributed by atoms with van der Waals surface area (Å²) in [5.41, 5.74) is 3.25. The van der Waals surface area contributed by atoms with E-state index in [4.69, 9.17) is 4.74 Å².